The van der Waals surface area contributed by atoms with Crippen molar-refractivity contribution in [3.8, 4) is 22.9 Å². The second-order valence-electron chi connectivity index (χ2n) is 5.74. The minimum Gasteiger partial charge on any atom is -0.355 e. The molecule has 1 atom stereocenters. The molecule has 0 radical (unpaired) electrons. The molecule has 1 aliphatic heterocycles. The van der Waals surface area contributed by atoms with E-state index in [4.69, 9.17) is 9.05 Å². The van der Waals surface area contributed by atoms with E-state index in [1.54, 1.807) is 18.2 Å². The van der Waals surface area contributed by atoms with Crippen LogP contribution in [0, 0.1) is 5.82 Å². The van der Waals surface area contributed by atoms with Crippen LogP contribution < -0.4 is 5.32 Å². The molecule has 0 aliphatic carbocycles. The molecule has 1 saturated heterocycles. The second-order valence-corrected chi connectivity index (χ2v) is 5.74. The van der Waals surface area contributed by atoms with Crippen LogP contribution in [0.5, 0.6) is 0 Å². The number of nitrogens with one attached hydrogen (secondary N) is 1. The van der Waals surface area contributed by atoms with Crippen LogP contribution in [0.4, 0.5) is 4.39 Å². The summed E-state index contributed by atoms with van der Waals surface area (Å²) >= 11 is 0. The topological polar surface area (TPSA) is 80.2 Å². The summed E-state index contributed by atoms with van der Waals surface area (Å²) in [4.78, 5) is 6.61. The van der Waals surface area contributed by atoms with Gasteiger partial charge in [0.05, 0.1) is 6.04 Å². The molecule has 0 spiro atoms. The molecular formula is C16H17ClFN5O2. The molecule has 132 valence electrons. The lowest BCUT2D eigenvalue weighted by atomic mass is 10.1. The standard InChI is InChI=1S/C16H16FN5O2.ClH/c1-22-7-6-18-9-13(22)15-19-16(24-21-15)12-8-14(23-20-12)10-2-4-11(17)5-3-10;/h2-5,8,13,18H,6-7,9H2,1H3;1H. The summed E-state index contributed by atoms with van der Waals surface area (Å²) in [6.07, 6.45) is 0. The van der Waals surface area contributed by atoms with Gasteiger partial charge in [0, 0.05) is 31.3 Å². The lowest BCUT2D eigenvalue weighted by Crippen LogP contribution is -2.44. The molecule has 9 heteroatoms. The highest BCUT2D eigenvalue weighted by atomic mass is 35.5. The second kappa shape index (κ2) is 7.30. The third-order valence-electron chi connectivity index (χ3n) is 4.11. The summed E-state index contributed by atoms with van der Waals surface area (Å²) in [6.45, 7) is 2.64. The van der Waals surface area contributed by atoms with Crippen molar-refractivity contribution < 1.29 is 13.4 Å². The van der Waals surface area contributed by atoms with Gasteiger partial charge in [0.1, 0.15) is 5.82 Å². The lowest BCUT2D eigenvalue weighted by molar-refractivity contribution is 0.190. The fourth-order valence-electron chi connectivity index (χ4n) is 2.69. The van der Waals surface area contributed by atoms with Crippen LogP contribution in [0.2, 0.25) is 0 Å². The van der Waals surface area contributed by atoms with Gasteiger partial charge in [0.25, 0.3) is 5.89 Å². The number of rotatable bonds is 3. The van der Waals surface area contributed by atoms with Gasteiger partial charge in [0.15, 0.2) is 17.3 Å². The molecule has 1 aliphatic rings. The quantitative estimate of drug-likeness (QED) is 0.763. The summed E-state index contributed by atoms with van der Waals surface area (Å²) in [5.41, 5.74) is 1.19. The van der Waals surface area contributed by atoms with Crippen molar-refractivity contribution >= 4 is 12.4 Å². The molecule has 25 heavy (non-hydrogen) atoms. The predicted molar refractivity (Wildman–Crippen MR) is 90.7 cm³/mol. The first-order valence-electron chi connectivity index (χ1n) is 7.68. The van der Waals surface area contributed by atoms with Crippen LogP contribution in [0.15, 0.2) is 39.4 Å². The van der Waals surface area contributed by atoms with Gasteiger partial charge in [-0.05, 0) is 31.3 Å². The smallest absolute Gasteiger partial charge is 0.280 e. The molecular weight excluding hydrogens is 349 g/mol. The first-order valence-corrected chi connectivity index (χ1v) is 7.68. The van der Waals surface area contributed by atoms with Crippen molar-refractivity contribution in [3.05, 3.63) is 42.0 Å². The van der Waals surface area contributed by atoms with Gasteiger partial charge < -0.3 is 14.4 Å². The largest absolute Gasteiger partial charge is 0.355 e. The number of likely N-dealkylation sites (N-methyl/N-ethyl adjacent to an activating group) is 1. The molecule has 3 aromatic rings. The Morgan fingerprint density at radius 3 is 2.76 bits per heavy atom. The molecule has 1 fully saturated rings. The summed E-state index contributed by atoms with van der Waals surface area (Å²) < 4.78 is 23.6. The number of benzene rings is 1. The van der Waals surface area contributed by atoms with E-state index in [-0.39, 0.29) is 24.3 Å². The zero-order valence-electron chi connectivity index (χ0n) is 13.5. The van der Waals surface area contributed by atoms with E-state index < -0.39 is 0 Å². The minimum absolute atomic E-state index is 0. The number of nitrogens with zero attached hydrogens (tertiary/aromatic N) is 4. The number of hydrogen-bond donors (Lipinski definition) is 1. The first kappa shape index (κ1) is 17.5. The SMILES string of the molecule is CN1CCNCC1c1noc(-c2cc(-c3ccc(F)cc3)on2)n1.Cl. The lowest BCUT2D eigenvalue weighted by Gasteiger charge is -2.30. The van der Waals surface area contributed by atoms with E-state index >= 15 is 0 Å². The highest BCUT2D eigenvalue weighted by molar-refractivity contribution is 5.85. The van der Waals surface area contributed by atoms with Gasteiger partial charge in [0.2, 0.25) is 0 Å². The number of hydrogen-bond acceptors (Lipinski definition) is 7. The van der Waals surface area contributed by atoms with E-state index in [1.165, 1.54) is 12.1 Å². The Labute approximate surface area is 149 Å². The molecule has 4 rings (SSSR count). The van der Waals surface area contributed by atoms with Crippen molar-refractivity contribution in [2.75, 3.05) is 26.7 Å². The van der Waals surface area contributed by atoms with Gasteiger partial charge in [-0.15, -0.1) is 12.4 Å². The Morgan fingerprint density at radius 1 is 1.20 bits per heavy atom. The van der Waals surface area contributed by atoms with Gasteiger partial charge in [-0.25, -0.2) is 4.39 Å². The van der Waals surface area contributed by atoms with Crippen LogP contribution in [-0.2, 0) is 0 Å². The Kier molecular flexibility index (Phi) is 5.12. The fraction of sp³-hybridized carbons (Fsp3) is 0.312. The fourth-order valence-corrected chi connectivity index (χ4v) is 2.69. The van der Waals surface area contributed by atoms with Crippen molar-refractivity contribution in [2.45, 2.75) is 6.04 Å². The maximum atomic E-state index is 13.0. The zero-order valence-corrected chi connectivity index (χ0v) is 14.3. The Bertz CT molecular complexity index is 835. The van der Waals surface area contributed by atoms with Gasteiger partial charge in [-0.2, -0.15) is 4.98 Å². The van der Waals surface area contributed by atoms with Crippen LogP contribution in [-0.4, -0.2) is 46.9 Å². The van der Waals surface area contributed by atoms with Crippen molar-refractivity contribution in [1.82, 2.24) is 25.5 Å². The van der Waals surface area contributed by atoms with Crippen LogP contribution in [0.25, 0.3) is 22.9 Å². The molecule has 0 bridgehead atoms. The molecule has 0 saturated carbocycles. The predicted octanol–water partition coefficient (Wildman–Crippen LogP) is 2.53. The average molecular weight is 366 g/mol. The average Bonchev–Trinajstić information content (AvgIpc) is 3.25. The van der Waals surface area contributed by atoms with E-state index in [1.807, 2.05) is 7.05 Å². The Hall–Kier alpha value is -2.29. The highest BCUT2D eigenvalue weighted by Gasteiger charge is 2.26. The maximum Gasteiger partial charge on any atom is 0.280 e. The number of piperazine rings is 1. The van der Waals surface area contributed by atoms with Crippen molar-refractivity contribution in [1.29, 1.82) is 0 Å². The maximum absolute atomic E-state index is 13.0. The van der Waals surface area contributed by atoms with E-state index in [2.05, 4.69) is 25.5 Å². The third kappa shape index (κ3) is 3.55. The minimum atomic E-state index is -0.301. The molecule has 1 unspecified atom stereocenters. The third-order valence-corrected chi connectivity index (χ3v) is 4.11. The Balaban J connectivity index is 0.00000182. The van der Waals surface area contributed by atoms with Gasteiger partial charge in [-0.3, -0.25) is 4.90 Å². The monoisotopic (exact) mass is 365 g/mol. The normalized spacial score (nSPS) is 18.1. The summed E-state index contributed by atoms with van der Waals surface area (Å²) in [6, 6.07) is 7.76. The molecule has 0 amide bonds. The van der Waals surface area contributed by atoms with Gasteiger partial charge in [-0.1, -0.05) is 10.3 Å². The molecule has 1 N–H and O–H groups in total. The summed E-state index contributed by atoms with van der Waals surface area (Å²) in [7, 11) is 2.03. The van der Waals surface area contributed by atoms with Gasteiger partial charge >= 0.3 is 0 Å². The number of halogens is 2. The van der Waals surface area contributed by atoms with Crippen molar-refractivity contribution in [3.63, 3.8) is 0 Å². The zero-order chi connectivity index (χ0) is 16.5. The summed E-state index contributed by atoms with van der Waals surface area (Å²) in [5.74, 6) is 1.14. The van der Waals surface area contributed by atoms with E-state index in [0.29, 0.717) is 23.2 Å². The van der Waals surface area contributed by atoms with Crippen LogP contribution >= 0.6 is 12.4 Å². The molecule has 7 nitrogen and oxygen atoms in total. The van der Waals surface area contributed by atoms with E-state index in [9.17, 15) is 4.39 Å². The molecule has 3 heterocycles. The van der Waals surface area contributed by atoms with Crippen LogP contribution in [0.3, 0.4) is 0 Å². The summed E-state index contributed by atoms with van der Waals surface area (Å²) in [5, 5.41) is 11.3. The highest BCUT2D eigenvalue weighted by Crippen LogP contribution is 2.26. The Morgan fingerprint density at radius 2 is 2.00 bits per heavy atom. The van der Waals surface area contributed by atoms with Crippen molar-refractivity contribution in [2.24, 2.45) is 0 Å². The van der Waals surface area contributed by atoms with E-state index in [0.717, 1.165) is 25.2 Å². The van der Waals surface area contributed by atoms with Crippen LogP contribution in [0.1, 0.15) is 11.9 Å². The molecule has 1 aromatic carbocycles. The number of aromatic nitrogens is 3. The molecule has 2 aromatic heterocycles. The first-order chi connectivity index (χ1) is 11.7.